The zero-order valence-corrected chi connectivity index (χ0v) is 8.73. The molecule has 0 aliphatic heterocycles. The molecule has 0 saturated heterocycles. The lowest BCUT2D eigenvalue weighted by Crippen LogP contribution is -1.89. The summed E-state index contributed by atoms with van der Waals surface area (Å²) in [6.07, 6.45) is 2.96. The highest BCUT2D eigenvalue weighted by Gasteiger charge is 1.98. The van der Waals surface area contributed by atoms with Crippen molar-refractivity contribution in [3.05, 3.63) is 36.4 Å². The average molecular weight is 193 g/mol. The van der Waals surface area contributed by atoms with Gasteiger partial charge in [-0.15, -0.1) is 18.3 Å². The van der Waals surface area contributed by atoms with Crippen LogP contribution in [0.3, 0.4) is 0 Å². The van der Waals surface area contributed by atoms with Crippen LogP contribution in [0.1, 0.15) is 12.0 Å². The highest BCUT2D eigenvalue weighted by molar-refractivity contribution is 7.99. The molecule has 0 unspecified atom stereocenters. The van der Waals surface area contributed by atoms with E-state index < -0.39 is 0 Å². The number of benzene rings is 1. The number of hydrogen-bond acceptors (Lipinski definition) is 2. The first-order chi connectivity index (χ1) is 6.24. The lowest BCUT2D eigenvalue weighted by atomic mass is 10.2. The lowest BCUT2D eigenvalue weighted by Gasteiger charge is -2.04. The summed E-state index contributed by atoms with van der Waals surface area (Å²) >= 11 is 1.79. The molecule has 0 aliphatic rings. The number of rotatable bonds is 4. The van der Waals surface area contributed by atoms with Crippen molar-refractivity contribution in [3.8, 4) is 0 Å². The molecule has 0 amide bonds. The van der Waals surface area contributed by atoms with E-state index in [1.807, 2.05) is 18.2 Å². The van der Waals surface area contributed by atoms with E-state index in [0.717, 1.165) is 17.9 Å². The maximum absolute atomic E-state index is 5.83. The van der Waals surface area contributed by atoms with Gasteiger partial charge in [0.05, 0.1) is 0 Å². The summed E-state index contributed by atoms with van der Waals surface area (Å²) in [7, 11) is 0. The summed E-state index contributed by atoms with van der Waals surface area (Å²) in [6.45, 7) is 5.77. The van der Waals surface area contributed by atoms with Gasteiger partial charge in [-0.3, -0.25) is 0 Å². The van der Waals surface area contributed by atoms with Crippen LogP contribution in [0.2, 0.25) is 0 Å². The zero-order valence-electron chi connectivity index (χ0n) is 7.92. The third-order valence-corrected chi connectivity index (χ3v) is 2.85. The number of aryl methyl sites for hydroxylation is 1. The number of allylic oxidation sites excluding steroid dienone is 1. The minimum Gasteiger partial charge on any atom is -0.398 e. The van der Waals surface area contributed by atoms with Gasteiger partial charge < -0.3 is 5.73 Å². The van der Waals surface area contributed by atoms with Gasteiger partial charge in [0.1, 0.15) is 0 Å². The fourth-order valence-electron chi connectivity index (χ4n) is 1.02. The third-order valence-electron chi connectivity index (χ3n) is 1.75. The predicted molar refractivity (Wildman–Crippen MR) is 61.1 cm³/mol. The number of nitrogen functional groups attached to an aromatic ring is 1. The Bertz CT molecular complexity index is 294. The Hall–Kier alpha value is -0.890. The van der Waals surface area contributed by atoms with Crippen molar-refractivity contribution in [1.82, 2.24) is 0 Å². The number of anilines is 1. The molecular formula is C11H15NS. The van der Waals surface area contributed by atoms with E-state index in [9.17, 15) is 0 Å². The van der Waals surface area contributed by atoms with Crippen molar-refractivity contribution in [2.75, 3.05) is 11.5 Å². The maximum Gasteiger partial charge on any atom is 0.0452 e. The van der Waals surface area contributed by atoms with E-state index in [1.54, 1.807) is 11.8 Å². The van der Waals surface area contributed by atoms with Crippen LogP contribution in [0.5, 0.6) is 0 Å². The van der Waals surface area contributed by atoms with E-state index in [0.29, 0.717) is 0 Å². The second kappa shape index (κ2) is 4.97. The number of hydrogen-bond donors (Lipinski definition) is 1. The van der Waals surface area contributed by atoms with E-state index in [4.69, 9.17) is 5.73 Å². The number of nitrogens with two attached hydrogens (primary N) is 1. The summed E-state index contributed by atoms with van der Waals surface area (Å²) in [4.78, 5) is 1.18. The van der Waals surface area contributed by atoms with Crippen molar-refractivity contribution in [1.29, 1.82) is 0 Å². The van der Waals surface area contributed by atoms with Gasteiger partial charge in [-0.2, -0.15) is 0 Å². The summed E-state index contributed by atoms with van der Waals surface area (Å²) in [6, 6.07) is 6.13. The Labute approximate surface area is 84.0 Å². The predicted octanol–water partition coefficient (Wildman–Crippen LogP) is 3.25. The smallest absolute Gasteiger partial charge is 0.0452 e. The van der Waals surface area contributed by atoms with Gasteiger partial charge >= 0.3 is 0 Å². The van der Waals surface area contributed by atoms with Gasteiger partial charge in [0.25, 0.3) is 0 Å². The van der Waals surface area contributed by atoms with Crippen LogP contribution < -0.4 is 5.73 Å². The lowest BCUT2D eigenvalue weighted by molar-refractivity contribution is 1.24. The maximum atomic E-state index is 5.83. The molecule has 0 saturated carbocycles. The first kappa shape index (κ1) is 10.2. The fourth-order valence-corrected chi connectivity index (χ4v) is 2.03. The normalized spacial score (nSPS) is 9.92. The van der Waals surface area contributed by atoms with Crippen LogP contribution in [0.4, 0.5) is 5.69 Å². The first-order valence-corrected chi connectivity index (χ1v) is 5.32. The highest BCUT2D eigenvalue weighted by Crippen LogP contribution is 2.26. The summed E-state index contributed by atoms with van der Waals surface area (Å²) in [5.74, 6) is 1.05. The van der Waals surface area contributed by atoms with Crippen LogP contribution >= 0.6 is 11.8 Å². The molecule has 0 fully saturated rings. The zero-order chi connectivity index (χ0) is 9.68. The van der Waals surface area contributed by atoms with Crippen LogP contribution in [0.15, 0.2) is 35.7 Å². The molecule has 0 radical (unpaired) electrons. The molecule has 1 aromatic carbocycles. The molecule has 1 nitrogen and oxygen atoms in total. The molecule has 1 aromatic rings. The Morgan fingerprint density at radius 2 is 2.31 bits per heavy atom. The molecule has 0 bridgehead atoms. The van der Waals surface area contributed by atoms with E-state index in [2.05, 4.69) is 19.6 Å². The molecule has 0 heterocycles. The Kier molecular flexibility index (Phi) is 3.90. The highest BCUT2D eigenvalue weighted by atomic mass is 32.2. The van der Waals surface area contributed by atoms with Crippen LogP contribution in [-0.2, 0) is 0 Å². The minimum atomic E-state index is 0.875. The van der Waals surface area contributed by atoms with E-state index >= 15 is 0 Å². The van der Waals surface area contributed by atoms with Gasteiger partial charge in [-0.05, 0) is 31.0 Å². The SMILES string of the molecule is C=CCCSc1cc(C)ccc1N. The number of thioether (sulfide) groups is 1. The van der Waals surface area contributed by atoms with Crippen molar-refractivity contribution in [2.24, 2.45) is 0 Å². The van der Waals surface area contributed by atoms with E-state index in [1.165, 1.54) is 10.5 Å². The van der Waals surface area contributed by atoms with Gasteiger partial charge in [-0.25, -0.2) is 0 Å². The molecule has 1 rings (SSSR count). The van der Waals surface area contributed by atoms with Crippen LogP contribution in [0, 0.1) is 6.92 Å². The Balaban J connectivity index is 2.64. The van der Waals surface area contributed by atoms with Gasteiger partial charge in [-0.1, -0.05) is 12.1 Å². The Morgan fingerprint density at radius 1 is 1.54 bits per heavy atom. The van der Waals surface area contributed by atoms with Crippen molar-refractivity contribution < 1.29 is 0 Å². The minimum absolute atomic E-state index is 0.875. The molecule has 2 heteroatoms. The van der Waals surface area contributed by atoms with Gasteiger partial charge in [0, 0.05) is 16.3 Å². The second-order valence-electron chi connectivity index (χ2n) is 2.97. The summed E-state index contributed by atoms with van der Waals surface area (Å²) < 4.78 is 0. The van der Waals surface area contributed by atoms with Crippen LogP contribution in [-0.4, -0.2) is 5.75 Å². The molecule has 13 heavy (non-hydrogen) atoms. The third kappa shape index (κ3) is 3.15. The molecule has 2 N–H and O–H groups in total. The standard InChI is InChI=1S/C11H15NS/c1-3-4-7-13-11-8-9(2)5-6-10(11)12/h3,5-6,8H,1,4,7,12H2,2H3. The van der Waals surface area contributed by atoms with E-state index in [-0.39, 0.29) is 0 Å². The second-order valence-corrected chi connectivity index (χ2v) is 4.10. The van der Waals surface area contributed by atoms with Crippen molar-refractivity contribution >= 4 is 17.4 Å². The molecular weight excluding hydrogens is 178 g/mol. The van der Waals surface area contributed by atoms with Crippen molar-refractivity contribution in [3.63, 3.8) is 0 Å². The van der Waals surface area contributed by atoms with Gasteiger partial charge in [0.15, 0.2) is 0 Å². The summed E-state index contributed by atoms with van der Waals surface area (Å²) in [5.41, 5.74) is 7.96. The summed E-state index contributed by atoms with van der Waals surface area (Å²) in [5, 5.41) is 0. The van der Waals surface area contributed by atoms with Crippen molar-refractivity contribution in [2.45, 2.75) is 18.2 Å². The molecule has 70 valence electrons. The average Bonchev–Trinajstić information content (AvgIpc) is 2.11. The molecule has 0 aromatic heterocycles. The molecule has 0 aliphatic carbocycles. The molecule has 0 spiro atoms. The topological polar surface area (TPSA) is 26.0 Å². The monoisotopic (exact) mass is 193 g/mol. The molecule has 0 atom stereocenters. The first-order valence-electron chi connectivity index (χ1n) is 4.34. The van der Waals surface area contributed by atoms with Gasteiger partial charge in [0.2, 0.25) is 0 Å². The largest absolute Gasteiger partial charge is 0.398 e. The Morgan fingerprint density at radius 3 is 3.00 bits per heavy atom. The quantitative estimate of drug-likeness (QED) is 0.344. The van der Waals surface area contributed by atoms with Crippen LogP contribution in [0.25, 0.3) is 0 Å². The fraction of sp³-hybridized carbons (Fsp3) is 0.273.